The number of H-pyrrole nitrogens is 1. The first-order valence-electron chi connectivity index (χ1n) is 15.6. The minimum absolute atomic E-state index is 0.0000211. The third-order valence-electron chi connectivity index (χ3n) is 8.88. The maximum atomic E-state index is 13.6. The molecule has 0 atom stereocenters. The minimum Gasteiger partial charge on any atom is -0.507 e. The van der Waals surface area contributed by atoms with Crippen LogP contribution < -0.4 is 9.47 Å². The number of ketones is 2. The fourth-order valence-electron chi connectivity index (χ4n) is 6.21. The number of phenols is 4. The summed E-state index contributed by atoms with van der Waals surface area (Å²) >= 11 is 0. The molecule has 248 valence electrons. The molecule has 1 aromatic heterocycles. The summed E-state index contributed by atoms with van der Waals surface area (Å²) in [7, 11) is 3.00. The van der Waals surface area contributed by atoms with Crippen molar-refractivity contribution in [1.82, 2.24) is 4.98 Å². The standard InChI is InChI=1S/C40H35NO8/c1-21-15-29(37(44)23-9-7-11-25(17-23)48-3)39(46)31(35(21)42)19-28-27-13-5-6-14-33(27)41-34(28)20-32-36(43)22(2)16-30(40(32)47)38(45)24-10-8-12-26(18-24)49-4/h5-18,41-43,46-47H,19-20H2,1-4H3. The summed E-state index contributed by atoms with van der Waals surface area (Å²) in [5, 5.41) is 46.2. The first kappa shape index (κ1) is 32.7. The van der Waals surface area contributed by atoms with Gasteiger partial charge < -0.3 is 34.9 Å². The van der Waals surface area contributed by atoms with E-state index in [0.717, 1.165) is 10.9 Å². The molecule has 0 aliphatic rings. The number of hydrogen-bond donors (Lipinski definition) is 5. The average Bonchev–Trinajstić information content (AvgIpc) is 3.47. The Bertz CT molecular complexity index is 2270. The molecule has 0 saturated heterocycles. The highest BCUT2D eigenvalue weighted by Crippen LogP contribution is 2.41. The van der Waals surface area contributed by atoms with E-state index in [0.29, 0.717) is 45.0 Å². The first-order chi connectivity index (χ1) is 23.5. The number of fused-ring (bicyclic) bond motifs is 1. The van der Waals surface area contributed by atoms with Gasteiger partial charge in [-0.05, 0) is 73.0 Å². The van der Waals surface area contributed by atoms with Gasteiger partial charge in [0.15, 0.2) is 11.6 Å². The number of phenolic OH excluding ortho intramolecular Hbond substituents is 4. The first-order valence-corrected chi connectivity index (χ1v) is 15.6. The number of carbonyl (C=O) groups excluding carboxylic acids is 2. The Labute approximate surface area is 282 Å². The van der Waals surface area contributed by atoms with Crippen LogP contribution in [0.25, 0.3) is 10.9 Å². The Kier molecular flexibility index (Phi) is 8.76. The molecule has 0 saturated carbocycles. The third kappa shape index (κ3) is 6.02. The van der Waals surface area contributed by atoms with Gasteiger partial charge in [-0.2, -0.15) is 0 Å². The van der Waals surface area contributed by atoms with Crippen LogP contribution in [0.5, 0.6) is 34.5 Å². The fourth-order valence-corrected chi connectivity index (χ4v) is 6.21. The predicted octanol–water partition coefficient (Wildman–Crippen LogP) is 7.27. The summed E-state index contributed by atoms with van der Waals surface area (Å²) in [5.41, 5.74) is 3.69. The number of aromatic nitrogens is 1. The van der Waals surface area contributed by atoms with Crippen molar-refractivity contribution in [1.29, 1.82) is 0 Å². The van der Waals surface area contributed by atoms with Crippen LogP contribution in [0.3, 0.4) is 0 Å². The van der Waals surface area contributed by atoms with Crippen molar-refractivity contribution < 1.29 is 39.5 Å². The second-order valence-corrected chi connectivity index (χ2v) is 11.9. The second-order valence-electron chi connectivity index (χ2n) is 11.9. The Morgan fingerprint density at radius 1 is 0.592 bits per heavy atom. The van der Waals surface area contributed by atoms with Gasteiger partial charge in [-0.15, -0.1) is 0 Å². The van der Waals surface area contributed by atoms with Gasteiger partial charge in [0.2, 0.25) is 0 Å². The zero-order valence-electron chi connectivity index (χ0n) is 27.4. The van der Waals surface area contributed by atoms with E-state index in [1.165, 1.54) is 26.4 Å². The topological polar surface area (TPSA) is 149 Å². The van der Waals surface area contributed by atoms with E-state index in [9.17, 15) is 30.0 Å². The van der Waals surface area contributed by atoms with E-state index in [1.807, 2.05) is 24.3 Å². The molecule has 0 fully saturated rings. The molecular weight excluding hydrogens is 622 g/mol. The molecule has 6 aromatic rings. The van der Waals surface area contributed by atoms with Crippen molar-refractivity contribution in [2.24, 2.45) is 0 Å². The molecule has 0 aliphatic carbocycles. The average molecular weight is 658 g/mol. The molecule has 5 aromatic carbocycles. The number of aryl methyl sites for hydroxylation is 2. The maximum Gasteiger partial charge on any atom is 0.196 e. The predicted molar refractivity (Wildman–Crippen MR) is 186 cm³/mol. The van der Waals surface area contributed by atoms with Gasteiger partial charge in [0.05, 0.1) is 25.3 Å². The summed E-state index contributed by atoms with van der Waals surface area (Å²) in [5.74, 6) is -0.976. The van der Waals surface area contributed by atoms with Gasteiger partial charge in [0, 0.05) is 51.7 Å². The van der Waals surface area contributed by atoms with E-state index in [2.05, 4.69) is 4.98 Å². The molecule has 49 heavy (non-hydrogen) atoms. The lowest BCUT2D eigenvalue weighted by molar-refractivity contribution is 0.102. The fraction of sp³-hybridized carbons (Fsp3) is 0.150. The molecule has 5 N–H and O–H groups in total. The van der Waals surface area contributed by atoms with Crippen molar-refractivity contribution in [3.05, 3.63) is 141 Å². The molecule has 0 aliphatic heterocycles. The van der Waals surface area contributed by atoms with E-state index in [4.69, 9.17) is 9.47 Å². The maximum absolute atomic E-state index is 13.6. The molecule has 1 heterocycles. The number of rotatable bonds is 10. The molecule has 0 unspecified atom stereocenters. The molecule has 0 spiro atoms. The number of methoxy groups -OCH3 is 2. The van der Waals surface area contributed by atoms with Crippen LogP contribution in [0.1, 0.15) is 65.4 Å². The summed E-state index contributed by atoms with van der Waals surface area (Å²) in [6.07, 6.45) is -0.0231. The van der Waals surface area contributed by atoms with Crippen LogP contribution in [0.4, 0.5) is 0 Å². The number of nitrogens with one attached hydrogen (secondary N) is 1. The largest absolute Gasteiger partial charge is 0.507 e. The molecule has 9 heteroatoms. The number of benzene rings is 5. The van der Waals surface area contributed by atoms with Gasteiger partial charge in [0.25, 0.3) is 0 Å². The highest BCUT2D eigenvalue weighted by Gasteiger charge is 2.26. The van der Waals surface area contributed by atoms with Gasteiger partial charge in [-0.3, -0.25) is 9.59 Å². The van der Waals surface area contributed by atoms with E-state index >= 15 is 0 Å². The zero-order valence-corrected chi connectivity index (χ0v) is 27.4. The summed E-state index contributed by atoms with van der Waals surface area (Å²) in [6, 6.07) is 23.5. The smallest absolute Gasteiger partial charge is 0.196 e. The SMILES string of the molecule is COc1cccc(C(=O)c2cc(C)c(O)c(Cc3[nH]c4ccccc4c3Cc3c(O)c(C)cc(C(=O)c4cccc(OC)c4)c3O)c2O)c1. The van der Waals surface area contributed by atoms with Crippen LogP contribution >= 0.6 is 0 Å². The molecule has 9 nitrogen and oxygen atoms in total. The Morgan fingerprint density at radius 3 is 1.59 bits per heavy atom. The van der Waals surface area contributed by atoms with Crippen molar-refractivity contribution >= 4 is 22.5 Å². The minimum atomic E-state index is -0.444. The third-order valence-corrected chi connectivity index (χ3v) is 8.88. The number of hydrogen-bond acceptors (Lipinski definition) is 8. The van der Waals surface area contributed by atoms with Gasteiger partial charge in [0.1, 0.15) is 34.5 Å². The van der Waals surface area contributed by atoms with Gasteiger partial charge in [-0.25, -0.2) is 0 Å². The lowest BCUT2D eigenvalue weighted by atomic mass is 9.90. The van der Waals surface area contributed by atoms with Crippen LogP contribution in [0.15, 0.2) is 84.9 Å². The van der Waals surface area contributed by atoms with Crippen LogP contribution in [-0.2, 0) is 12.8 Å². The van der Waals surface area contributed by atoms with E-state index in [1.54, 1.807) is 62.4 Å². The highest BCUT2D eigenvalue weighted by molar-refractivity contribution is 6.12. The molecule has 0 amide bonds. The van der Waals surface area contributed by atoms with Gasteiger partial charge >= 0.3 is 0 Å². The van der Waals surface area contributed by atoms with Crippen molar-refractivity contribution in [2.45, 2.75) is 26.7 Å². The van der Waals surface area contributed by atoms with Crippen molar-refractivity contribution in [3.8, 4) is 34.5 Å². The van der Waals surface area contributed by atoms with Gasteiger partial charge in [-0.1, -0.05) is 42.5 Å². The van der Waals surface area contributed by atoms with Crippen molar-refractivity contribution in [3.63, 3.8) is 0 Å². The molecule has 0 bridgehead atoms. The normalized spacial score (nSPS) is 11.1. The highest BCUT2D eigenvalue weighted by atomic mass is 16.5. The number of para-hydroxylation sites is 1. The Hall–Kier alpha value is -6.22. The summed E-state index contributed by atoms with van der Waals surface area (Å²) in [6.45, 7) is 3.30. The molecule has 0 radical (unpaired) electrons. The Balaban J connectivity index is 1.45. The van der Waals surface area contributed by atoms with Crippen LogP contribution in [0.2, 0.25) is 0 Å². The number of ether oxygens (including phenoxy) is 2. The zero-order chi connectivity index (χ0) is 35.0. The number of carbonyl (C=O) groups is 2. The molecular formula is C40H35NO8. The number of aromatic hydroxyl groups is 4. The quantitative estimate of drug-likeness (QED) is 0.0966. The van der Waals surface area contributed by atoms with Crippen LogP contribution in [0, 0.1) is 13.8 Å². The number of aromatic amines is 1. The Morgan fingerprint density at radius 2 is 1.08 bits per heavy atom. The van der Waals surface area contributed by atoms with Crippen molar-refractivity contribution in [2.75, 3.05) is 14.2 Å². The summed E-state index contributed by atoms with van der Waals surface area (Å²) in [4.78, 5) is 30.6. The monoisotopic (exact) mass is 657 g/mol. The second kappa shape index (κ2) is 13.1. The lowest BCUT2D eigenvalue weighted by Gasteiger charge is -2.16. The van der Waals surface area contributed by atoms with E-state index in [-0.39, 0.29) is 58.1 Å². The summed E-state index contributed by atoms with van der Waals surface area (Å²) < 4.78 is 10.5. The van der Waals surface area contributed by atoms with Crippen LogP contribution in [-0.4, -0.2) is 51.2 Å². The molecule has 6 rings (SSSR count). The lowest BCUT2D eigenvalue weighted by Crippen LogP contribution is -2.07. The van der Waals surface area contributed by atoms with E-state index < -0.39 is 11.6 Å².